The number of rotatable bonds is 49. The minimum atomic E-state index is -0.667. The van der Waals surface area contributed by atoms with Crippen molar-refractivity contribution in [1.82, 2.24) is 0 Å². The van der Waals surface area contributed by atoms with E-state index in [1.807, 2.05) is 6.92 Å². The normalized spacial score (nSPS) is 11.3. The maximum atomic E-state index is 10.3. The lowest BCUT2D eigenvalue weighted by Gasteiger charge is -2.24. The fourth-order valence-corrected chi connectivity index (χ4v) is 8.28. The highest BCUT2D eigenvalue weighted by Gasteiger charge is 2.25. The minimum Gasteiger partial charge on any atom is -0.481 e. The molecule has 0 amide bonds. The molecule has 9 heteroatoms. The molecular formula is C60H122O9. The molecule has 0 saturated heterocycles. The Morgan fingerprint density at radius 3 is 0.536 bits per heavy atom. The first-order chi connectivity index (χ1) is 33.1. The topological polar surface area (TPSA) is 173 Å². The van der Waals surface area contributed by atoms with Gasteiger partial charge in [-0.3, -0.25) is 14.4 Å². The highest BCUT2D eigenvalue weighted by molar-refractivity contribution is 5.67. The molecule has 0 aliphatic carbocycles. The van der Waals surface area contributed by atoms with Crippen molar-refractivity contribution in [2.24, 2.45) is 23.2 Å². The van der Waals surface area contributed by atoms with Crippen molar-refractivity contribution in [3.63, 3.8) is 0 Å². The van der Waals surface area contributed by atoms with E-state index < -0.39 is 23.3 Å². The minimum absolute atomic E-state index is 0.156. The third kappa shape index (κ3) is 72.9. The quantitative estimate of drug-likeness (QED) is 0.0325. The zero-order valence-electron chi connectivity index (χ0n) is 47.2. The molecule has 0 aromatic heterocycles. The van der Waals surface area contributed by atoms with Gasteiger partial charge in [-0.2, -0.15) is 0 Å². The molecule has 0 spiro atoms. The van der Waals surface area contributed by atoms with E-state index in [1.165, 1.54) is 212 Å². The average Bonchev–Trinajstić information content (AvgIpc) is 3.30. The molecule has 416 valence electrons. The first-order valence-corrected chi connectivity index (χ1v) is 29.6. The molecule has 0 radical (unpaired) electrons. The van der Waals surface area contributed by atoms with Crippen LogP contribution in [0.25, 0.3) is 0 Å². The fraction of sp³-hybridized carbons (Fsp3) is 0.950. The van der Waals surface area contributed by atoms with E-state index in [4.69, 9.17) is 30.6 Å². The van der Waals surface area contributed by atoms with Gasteiger partial charge in [0.1, 0.15) is 0 Å². The van der Waals surface area contributed by atoms with Gasteiger partial charge in [-0.05, 0) is 43.4 Å². The van der Waals surface area contributed by atoms with Crippen molar-refractivity contribution in [1.29, 1.82) is 0 Å². The van der Waals surface area contributed by atoms with Gasteiger partial charge in [-0.1, -0.05) is 280 Å². The van der Waals surface area contributed by atoms with Crippen molar-refractivity contribution in [3.8, 4) is 0 Å². The van der Waals surface area contributed by atoms with Gasteiger partial charge >= 0.3 is 17.9 Å². The Balaban J connectivity index is -0.000000421. The molecule has 0 atom stereocenters. The van der Waals surface area contributed by atoms with Crippen LogP contribution in [0.2, 0.25) is 0 Å². The van der Waals surface area contributed by atoms with Crippen LogP contribution in [0.4, 0.5) is 0 Å². The van der Waals surface area contributed by atoms with Crippen LogP contribution >= 0.6 is 0 Å². The van der Waals surface area contributed by atoms with Crippen molar-refractivity contribution in [2.75, 3.05) is 19.8 Å². The van der Waals surface area contributed by atoms with Gasteiger partial charge in [0.15, 0.2) is 0 Å². The Morgan fingerprint density at radius 1 is 0.290 bits per heavy atom. The number of unbranched alkanes of at least 4 members (excludes halogenated alkanes) is 33. The molecule has 0 heterocycles. The molecule has 0 saturated carbocycles. The van der Waals surface area contributed by atoms with Gasteiger partial charge in [0, 0.05) is 24.7 Å². The van der Waals surface area contributed by atoms with Crippen LogP contribution in [-0.2, 0) is 14.4 Å². The second-order valence-corrected chi connectivity index (χ2v) is 22.0. The summed E-state index contributed by atoms with van der Waals surface area (Å²) < 4.78 is 0. The van der Waals surface area contributed by atoms with Gasteiger partial charge < -0.3 is 30.6 Å². The number of hydrogen-bond donors (Lipinski definition) is 6. The smallest absolute Gasteiger partial charge is 0.303 e. The summed E-state index contributed by atoms with van der Waals surface area (Å²) in [6.45, 7) is 15.2. The molecule has 0 bridgehead atoms. The first kappa shape index (κ1) is 73.8. The molecule has 9 nitrogen and oxygen atoms in total. The summed E-state index contributed by atoms with van der Waals surface area (Å²) in [5.74, 6) is 0.636. The predicted octanol–water partition coefficient (Wildman–Crippen LogP) is 17.9. The fourth-order valence-electron chi connectivity index (χ4n) is 8.28. The van der Waals surface area contributed by atoms with Crippen molar-refractivity contribution < 1.29 is 45.0 Å². The predicted molar refractivity (Wildman–Crippen MR) is 295 cm³/mol. The Bertz CT molecular complexity index is 884. The highest BCUT2D eigenvalue weighted by Crippen LogP contribution is 2.19. The summed E-state index contributed by atoms with van der Waals surface area (Å²) in [6.07, 6.45) is 52.6. The first-order valence-electron chi connectivity index (χ1n) is 29.6. The lowest BCUT2D eigenvalue weighted by atomic mass is 9.88. The lowest BCUT2D eigenvalue weighted by molar-refractivity contribution is -0.138. The van der Waals surface area contributed by atoms with E-state index in [2.05, 4.69) is 41.5 Å². The molecule has 0 unspecified atom stereocenters. The number of carboxylic acids is 3. The average molecular weight is 988 g/mol. The van der Waals surface area contributed by atoms with E-state index in [-0.39, 0.29) is 19.8 Å². The molecule has 0 rings (SSSR count). The summed E-state index contributed by atoms with van der Waals surface area (Å²) >= 11 is 0. The number of carboxylic acid groups (broad SMARTS) is 3. The third-order valence-electron chi connectivity index (χ3n) is 13.5. The summed E-state index contributed by atoms with van der Waals surface area (Å²) in [5.41, 5.74) is -0.667. The number of aliphatic carboxylic acids is 3. The molecule has 6 N–H and O–H groups in total. The molecule has 69 heavy (non-hydrogen) atoms. The number of aliphatic hydroxyl groups is 3. The van der Waals surface area contributed by atoms with Crippen molar-refractivity contribution in [3.05, 3.63) is 0 Å². The van der Waals surface area contributed by atoms with Crippen molar-refractivity contribution >= 4 is 17.9 Å². The second-order valence-electron chi connectivity index (χ2n) is 22.0. The summed E-state index contributed by atoms with van der Waals surface area (Å²) in [5, 5.41) is 51.5. The SMILES string of the molecule is CC(C)CCCCCCCCCCCCCCC(=O)O.CC(C)CCCCCCCCCCCCCCC(=O)O.CC(C)CCCCCCCCCCCCCCC(=O)O.CCC(CO)(CO)CO. The Morgan fingerprint density at radius 2 is 0.435 bits per heavy atom. The van der Waals surface area contributed by atoms with Crippen molar-refractivity contribution in [2.45, 2.75) is 325 Å². The second kappa shape index (κ2) is 60.6. The maximum absolute atomic E-state index is 10.3. The molecule has 0 fully saturated rings. The Kier molecular flexibility index (Phi) is 64.8. The summed E-state index contributed by atoms with van der Waals surface area (Å²) in [6, 6.07) is 0. The summed E-state index contributed by atoms with van der Waals surface area (Å²) in [4.78, 5) is 31.0. The van der Waals surface area contributed by atoms with Crippen LogP contribution in [0.15, 0.2) is 0 Å². The van der Waals surface area contributed by atoms with Gasteiger partial charge in [0.2, 0.25) is 0 Å². The van der Waals surface area contributed by atoms with E-state index in [0.717, 1.165) is 56.3 Å². The van der Waals surface area contributed by atoms with Crippen LogP contribution in [0.1, 0.15) is 325 Å². The third-order valence-corrected chi connectivity index (χ3v) is 13.5. The molecule has 0 aliphatic heterocycles. The summed E-state index contributed by atoms with van der Waals surface area (Å²) in [7, 11) is 0. The highest BCUT2D eigenvalue weighted by atomic mass is 16.4. The Labute approximate surface area is 429 Å². The van der Waals surface area contributed by atoms with Gasteiger partial charge in [-0.25, -0.2) is 0 Å². The standard InChI is InChI=1S/3C18H36O2.C6H14O3/c3*1-17(2)15-13-11-9-7-5-3-4-6-8-10-12-14-16-18(19)20;1-2-6(3-7,4-8)5-9/h3*17H,3-16H2,1-2H3,(H,19,20);7-9H,2-5H2,1H3. The van der Waals surface area contributed by atoms with E-state index in [9.17, 15) is 14.4 Å². The number of carbonyl (C=O) groups is 3. The lowest BCUT2D eigenvalue weighted by Crippen LogP contribution is -2.32. The van der Waals surface area contributed by atoms with Crippen LogP contribution in [-0.4, -0.2) is 68.4 Å². The van der Waals surface area contributed by atoms with Crippen LogP contribution < -0.4 is 0 Å². The monoisotopic (exact) mass is 987 g/mol. The molecule has 0 aromatic carbocycles. The van der Waals surface area contributed by atoms with E-state index in [0.29, 0.717) is 25.7 Å². The Hall–Kier alpha value is -1.71. The van der Waals surface area contributed by atoms with Gasteiger partial charge in [0.05, 0.1) is 19.8 Å². The van der Waals surface area contributed by atoms with Gasteiger partial charge in [0.25, 0.3) is 0 Å². The van der Waals surface area contributed by atoms with E-state index in [1.54, 1.807) is 0 Å². The molecular weight excluding hydrogens is 865 g/mol. The largest absolute Gasteiger partial charge is 0.481 e. The number of aliphatic hydroxyl groups excluding tert-OH is 3. The zero-order chi connectivity index (χ0) is 52.5. The molecule has 0 aromatic rings. The zero-order valence-corrected chi connectivity index (χ0v) is 47.2. The maximum Gasteiger partial charge on any atom is 0.303 e. The van der Waals surface area contributed by atoms with Gasteiger partial charge in [-0.15, -0.1) is 0 Å². The van der Waals surface area contributed by atoms with Crippen LogP contribution in [0.5, 0.6) is 0 Å². The number of hydrogen-bond acceptors (Lipinski definition) is 6. The van der Waals surface area contributed by atoms with E-state index >= 15 is 0 Å². The van der Waals surface area contributed by atoms with Crippen LogP contribution in [0, 0.1) is 23.2 Å². The van der Waals surface area contributed by atoms with Crippen LogP contribution in [0.3, 0.4) is 0 Å². The molecule has 0 aliphatic rings.